The molecular formula is C15H11BrClF3O. The van der Waals surface area contributed by atoms with Crippen LogP contribution in [-0.2, 0) is 12.6 Å². The van der Waals surface area contributed by atoms with Gasteiger partial charge >= 0.3 is 6.18 Å². The van der Waals surface area contributed by atoms with Crippen molar-refractivity contribution in [1.29, 1.82) is 0 Å². The van der Waals surface area contributed by atoms with Gasteiger partial charge in [-0.05, 0) is 51.3 Å². The van der Waals surface area contributed by atoms with Gasteiger partial charge in [-0.3, -0.25) is 0 Å². The molecule has 0 fully saturated rings. The first-order valence-corrected chi connectivity index (χ1v) is 7.23. The summed E-state index contributed by atoms with van der Waals surface area (Å²) in [6.45, 7) is 0. The summed E-state index contributed by atoms with van der Waals surface area (Å²) in [7, 11) is 0. The van der Waals surface area contributed by atoms with Crippen molar-refractivity contribution in [3.05, 3.63) is 68.7 Å². The molecular weight excluding hydrogens is 369 g/mol. The number of halogens is 5. The zero-order chi connectivity index (χ0) is 15.6. The number of benzene rings is 2. The first-order chi connectivity index (χ1) is 9.77. The third-order valence-corrected chi connectivity index (χ3v) is 4.27. The third kappa shape index (κ3) is 4.22. The molecule has 0 spiro atoms. The molecule has 1 nitrogen and oxygen atoms in total. The molecule has 21 heavy (non-hydrogen) atoms. The molecule has 0 saturated heterocycles. The molecule has 0 aromatic heterocycles. The van der Waals surface area contributed by atoms with Gasteiger partial charge in [0.15, 0.2) is 0 Å². The Labute approximate surface area is 133 Å². The molecule has 0 radical (unpaired) electrons. The van der Waals surface area contributed by atoms with E-state index in [4.69, 9.17) is 11.6 Å². The molecule has 0 amide bonds. The molecule has 0 heterocycles. The summed E-state index contributed by atoms with van der Waals surface area (Å²) < 4.78 is 38.1. The largest absolute Gasteiger partial charge is 0.416 e. The van der Waals surface area contributed by atoms with Crippen LogP contribution < -0.4 is 0 Å². The highest BCUT2D eigenvalue weighted by atomic mass is 79.9. The Hall–Kier alpha value is -1.04. The highest BCUT2D eigenvalue weighted by Crippen LogP contribution is 2.30. The van der Waals surface area contributed by atoms with Gasteiger partial charge in [0.1, 0.15) is 0 Å². The van der Waals surface area contributed by atoms with Gasteiger partial charge in [-0.15, -0.1) is 0 Å². The summed E-state index contributed by atoms with van der Waals surface area (Å²) >= 11 is 9.20. The average molecular weight is 380 g/mol. The maximum atomic E-state index is 12.5. The zero-order valence-electron chi connectivity index (χ0n) is 10.7. The van der Waals surface area contributed by atoms with Gasteiger partial charge in [-0.25, -0.2) is 0 Å². The van der Waals surface area contributed by atoms with Crippen molar-refractivity contribution in [3.63, 3.8) is 0 Å². The highest BCUT2D eigenvalue weighted by Gasteiger charge is 2.29. The monoisotopic (exact) mass is 378 g/mol. The topological polar surface area (TPSA) is 20.2 Å². The SMILES string of the molecule is OC(Cc1ccc(C(F)(F)F)cc1)c1ccc(Br)c(Cl)c1. The summed E-state index contributed by atoms with van der Waals surface area (Å²) in [5, 5.41) is 10.6. The van der Waals surface area contributed by atoms with Crippen molar-refractivity contribution < 1.29 is 18.3 Å². The van der Waals surface area contributed by atoms with Gasteiger partial charge in [0.05, 0.1) is 16.7 Å². The summed E-state index contributed by atoms with van der Waals surface area (Å²) in [6.07, 6.45) is -4.96. The fourth-order valence-corrected chi connectivity index (χ4v) is 2.33. The summed E-state index contributed by atoms with van der Waals surface area (Å²) in [4.78, 5) is 0. The Morgan fingerprint density at radius 3 is 2.24 bits per heavy atom. The number of hydrogen-bond acceptors (Lipinski definition) is 1. The minimum absolute atomic E-state index is 0.218. The van der Waals surface area contributed by atoms with Crippen LogP contribution in [0.15, 0.2) is 46.9 Å². The second-order valence-electron chi connectivity index (χ2n) is 4.59. The van der Waals surface area contributed by atoms with Crippen LogP contribution in [0.25, 0.3) is 0 Å². The average Bonchev–Trinajstić information content (AvgIpc) is 2.41. The van der Waals surface area contributed by atoms with Crippen molar-refractivity contribution in [1.82, 2.24) is 0 Å². The van der Waals surface area contributed by atoms with Crippen LogP contribution >= 0.6 is 27.5 Å². The number of hydrogen-bond donors (Lipinski definition) is 1. The summed E-state index contributed by atoms with van der Waals surface area (Å²) in [5.41, 5.74) is 0.532. The lowest BCUT2D eigenvalue weighted by atomic mass is 10.0. The molecule has 0 aliphatic carbocycles. The van der Waals surface area contributed by atoms with Crippen LogP contribution in [0.3, 0.4) is 0 Å². The maximum Gasteiger partial charge on any atom is 0.416 e. The van der Waals surface area contributed by atoms with E-state index < -0.39 is 17.8 Å². The molecule has 0 aliphatic rings. The minimum atomic E-state index is -4.35. The molecule has 1 unspecified atom stereocenters. The van der Waals surface area contributed by atoms with E-state index in [1.54, 1.807) is 18.2 Å². The van der Waals surface area contributed by atoms with Gasteiger partial charge in [0.2, 0.25) is 0 Å². The molecule has 6 heteroatoms. The molecule has 0 saturated carbocycles. The first-order valence-electron chi connectivity index (χ1n) is 6.06. The van der Waals surface area contributed by atoms with E-state index in [1.165, 1.54) is 12.1 Å². The number of aliphatic hydroxyl groups is 1. The van der Waals surface area contributed by atoms with E-state index in [2.05, 4.69) is 15.9 Å². The molecule has 2 aromatic rings. The van der Waals surface area contributed by atoms with E-state index in [0.717, 1.165) is 16.6 Å². The van der Waals surface area contributed by atoms with Crippen LogP contribution in [0, 0.1) is 0 Å². The number of alkyl halides is 3. The molecule has 0 bridgehead atoms. The standard InChI is InChI=1S/C15H11BrClF3O/c16-12-6-3-10(8-13(12)17)14(21)7-9-1-4-11(5-2-9)15(18,19)20/h1-6,8,14,21H,7H2. The molecule has 1 N–H and O–H groups in total. The van der Waals surface area contributed by atoms with Crippen molar-refractivity contribution in [2.75, 3.05) is 0 Å². The Balaban J connectivity index is 2.12. The Kier molecular flexibility index (Phi) is 4.96. The van der Waals surface area contributed by atoms with Gasteiger partial charge in [0.25, 0.3) is 0 Å². The first kappa shape index (κ1) is 16.3. The lowest BCUT2D eigenvalue weighted by Gasteiger charge is -2.13. The fraction of sp³-hybridized carbons (Fsp3) is 0.200. The normalized spacial score (nSPS) is 13.2. The van der Waals surface area contributed by atoms with E-state index in [-0.39, 0.29) is 6.42 Å². The van der Waals surface area contributed by atoms with Gasteiger partial charge in [0, 0.05) is 10.9 Å². The van der Waals surface area contributed by atoms with E-state index in [9.17, 15) is 18.3 Å². The van der Waals surface area contributed by atoms with Gasteiger partial charge in [-0.2, -0.15) is 13.2 Å². The van der Waals surface area contributed by atoms with Crippen molar-refractivity contribution in [2.24, 2.45) is 0 Å². The number of rotatable bonds is 3. The van der Waals surface area contributed by atoms with Crippen LogP contribution in [0.1, 0.15) is 22.8 Å². The van der Waals surface area contributed by atoms with Crippen LogP contribution in [0.5, 0.6) is 0 Å². The smallest absolute Gasteiger partial charge is 0.388 e. The Morgan fingerprint density at radius 2 is 1.71 bits per heavy atom. The van der Waals surface area contributed by atoms with Crippen molar-refractivity contribution in [2.45, 2.75) is 18.7 Å². The summed E-state index contributed by atoms with van der Waals surface area (Å²) in [5.74, 6) is 0. The van der Waals surface area contributed by atoms with E-state index >= 15 is 0 Å². The molecule has 0 aliphatic heterocycles. The Bertz CT molecular complexity index is 626. The minimum Gasteiger partial charge on any atom is -0.388 e. The molecule has 112 valence electrons. The fourth-order valence-electron chi connectivity index (χ4n) is 1.89. The predicted octanol–water partition coefficient (Wildman–Crippen LogP) is 5.40. The predicted molar refractivity (Wildman–Crippen MR) is 79.3 cm³/mol. The van der Waals surface area contributed by atoms with Gasteiger partial charge < -0.3 is 5.11 Å². The second kappa shape index (κ2) is 6.38. The maximum absolute atomic E-state index is 12.5. The van der Waals surface area contributed by atoms with Crippen molar-refractivity contribution >= 4 is 27.5 Å². The van der Waals surface area contributed by atoms with Crippen LogP contribution in [-0.4, -0.2) is 5.11 Å². The molecule has 2 rings (SSSR count). The van der Waals surface area contributed by atoms with E-state index in [1.807, 2.05) is 0 Å². The molecule has 1 atom stereocenters. The quantitative estimate of drug-likeness (QED) is 0.757. The van der Waals surface area contributed by atoms with Crippen LogP contribution in [0.2, 0.25) is 5.02 Å². The lowest BCUT2D eigenvalue weighted by molar-refractivity contribution is -0.137. The number of aliphatic hydroxyl groups excluding tert-OH is 1. The van der Waals surface area contributed by atoms with Crippen LogP contribution in [0.4, 0.5) is 13.2 Å². The van der Waals surface area contributed by atoms with Gasteiger partial charge in [-0.1, -0.05) is 29.8 Å². The zero-order valence-corrected chi connectivity index (χ0v) is 13.0. The summed E-state index contributed by atoms with van der Waals surface area (Å²) in [6, 6.07) is 9.81. The van der Waals surface area contributed by atoms with E-state index in [0.29, 0.717) is 16.1 Å². The second-order valence-corrected chi connectivity index (χ2v) is 5.85. The third-order valence-electron chi connectivity index (χ3n) is 3.04. The Morgan fingerprint density at radius 1 is 1.10 bits per heavy atom. The molecule has 2 aromatic carbocycles. The highest BCUT2D eigenvalue weighted by molar-refractivity contribution is 9.10. The van der Waals surface area contributed by atoms with Crippen molar-refractivity contribution in [3.8, 4) is 0 Å². The lowest BCUT2D eigenvalue weighted by Crippen LogP contribution is -2.06.